The molecule has 0 spiro atoms. The van der Waals surface area contributed by atoms with Crippen molar-refractivity contribution in [1.82, 2.24) is 9.62 Å². The van der Waals surface area contributed by atoms with Crippen molar-refractivity contribution >= 4 is 27.5 Å². The predicted octanol–water partition coefficient (Wildman–Crippen LogP) is 2.96. The number of anilines is 1. The number of piperidine rings is 1. The standard InChI is InChI=1S/C23H33N3O5S/c1-16-12-19-20(31-15-22(27)25-19)13-21(16)32(29,30)26-11-7-8-17(14-26)23(28)24-18-9-5-3-2-4-6-10-18/h12-13,17-18H,2-11,14-15H2,1H3,(H,24,28)(H,25,27)/t17-/m0/s1. The van der Waals surface area contributed by atoms with Gasteiger partial charge in [-0.3, -0.25) is 9.59 Å². The first-order valence-electron chi connectivity index (χ1n) is 11.7. The Bertz CT molecular complexity index is 970. The molecule has 1 saturated carbocycles. The average Bonchev–Trinajstić information content (AvgIpc) is 2.75. The molecule has 1 aromatic rings. The fourth-order valence-corrected chi connectivity index (χ4v) is 6.67. The van der Waals surface area contributed by atoms with Gasteiger partial charge in [0.05, 0.1) is 16.5 Å². The molecule has 8 nitrogen and oxygen atoms in total. The van der Waals surface area contributed by atoms with Gasteiger partial charge >= 0.3 is 0 Å². The number of fused-ring (bicyclic) bond motifs is 1. The van der Waals surface area contributed by atoms with Crippen LogP contribution in [0.5, 0.6) is 5.75 Å². The summed E-state index contributed by atoms with van der Waals surface area (Å²) in [6.07, 6.45) is 9.34. The number of carbonyl (C=O) groups is 2. The second kappa shape index (κ2) is 9.79. The summed E-state index contributed by atoms with van der Waals surface area (Å²) >= 11 is 0. The highest BCUT2D eigenvalue weighted by molar-refractivity contribution is 7.89. The van der Waals surface area contributed by atoms with E-state index in [-0.39, 0.29) is 41.8 Å². The van der Waals surface area contributed by atoms with Gasteiger partial charge in [0.2, 0.25) is 15.9 Å². The zero-order valence-electron chi connectivity index (χ0n) is 18.7. The Kier molecular flexibility index (Phi) is 7.05. The molecule has 1 saturated heterocycles. The quantitative estimate of drug-likeness (QED) is 0.714. The minimum Gasteiger partial charge on any atom is -0.482 e. The van der Waals surface area contributed by atoms with Crippen molar-refractivity contribution in [3.05, 3.63) is 17.7 Å². The summed E-state index contributed by atoms with van der Waals surface area (Å²) in [6.45, 7) is 2.15. The molecule has 32 heavy (non-hydrogen) atoms. The summed E-state index contributed by atoms with van der Waals surface area (Å²) in [5.74, 6) is -0.271. The number of nitrogens with one attached hydrogen (secondary N) is 2. The third-order valence-electron chi connectivity index (χ3n) is 6.73. The van der Waals surface area contributed by atoms with Gasteiger partial charge in [0, 0.05) is 25.2 Å². The zero-order valence-corrected chi connectivity index (χ0v) is 19.5. The van der Waals surface area contributed by atoms with Crippen molar-refractivity contribution in [1.29, 1.82) is 0 Å². The Balaban J connectivity index is 1.46. The minimum atomic E-state index is -3.79. The van der Waals surface area contributed by atoms with Gasteiger partial charge < -0.3 is 15.4 Å². The lowest BCUT2D eigenvalue weighted by molar-refractivity contribution is -0.127. The number of nitrogens with zero attached hydrogens (tertiary/aromatic N) is 1. The van der Waals surface area contributed by atoms with Gasteiger partial charge in [-0.25, -0.2) is 8.42 Å². The maximum atomic E-state index is 13.5. The highest BCUT2D eigenvalue weighted by atomic mass is 32.2. The number of rotatable bonds is 4. The molecule has 3 aliphatic rings. The Morgan fingerprint density at radius 3 is 2.56 bits per heavy atom. The van der Waals surface area contributed by atoms with E-state index in [1.54, 1.807) is 13.0 Å². The summed E-state index contributed by atoms with van der Waals surface area (Å²) in [6, 6.07) is 3.31. The highest BCUT2D eigenvalue weighted by Crippen LogP contribution is 2.35. The van der Waals surface area contributed by atoms with E-state index in [1.807, 2.05) is 0 Å². The fourth-order valence-electron chi connectivity index (χ4n) is 4.93. The number of carbonyl (C=O) groups excluding carboxylic acids is 2. The van der Waals surface area contributed by atoms with E-state index in [0.717, 1.165) is 25.7 Å². The monoisotopic (exact) mass is 463 g/mol. The number of benzene rings is 1. The van der Waals surface area contributed by atoms with Crippen molar-refractivity contribution in [2.24, 2.45) is 5.92 Å². The number of amides is 2. The summed E-state index contributed by atoms with van der Waals surface area (Å²) in [7, 11) is -3.79. The van der Waals surface area contributed by atoms with Gasteiger partial charge in [0.15, 0.2) is 6.61 Å². The van der Waals surface area contributed by atoms with Gasteiger partial charge in [0.1, 0.15) is 5.75 Å². The molecule has 2 aliphatic heterocycles. The Morgan fingerprint density at radius 2 is 1.81 bits per heavy atom. The molecular weight excluding hydrogens is 430 g/mol. The smallest absolute Gasteiger partial charge is 0.262 e. The molecule has 2 N–H and O–H groups in total. The van der Waals surface area contributed by atoms with Crippen molar-refractivity contribution in [2.75, 3.05) is 25.0 Å². The second-order valence-corrected chi connectivity index (χ2v) is 11.1. The molecule has 2 fully saturated rings. The first kappa shape index (κ1) is 23.0. The van der Waals surface area contributed by atoms with Crippen LogP contribution in [0.15, 0.2) is 17.0 Å². The fraction of sp³-hybridized carbons (Fsp3) is 0.652. The van der Waals surface area contributed by atoms with E-state index in [4.69, 9.17) is 4.74 Å². The van der Waals surface area contributed by atoms with Crippen LogP contribution in [-0.2, 0) is 19.6 Å². The first-order chi connectivity index (χ1) is 15.3. The van der Waals surface area contributed by atoms with E-state index in [2.05, 4.69) is 10.6 Å². The summed E-state index contributed by atoms with van der Waals surface area (Å²) in [5, 5.41) is 5.91. The third kappa shape index (κ3) is 5.09. The first-order valence-corrected chi connectivity index (χ1v) is 13.2. The van der Waals surface area contributed by atoms with E-state index in [0.29, 0.717) is 36.4 Å². The topological polar surface area (TPSA) is 105 Å². The second-order valence-electron chi connectivity index (χ2n) is 9.20. The van der Waals surface area contributed by atoms with Gasteiger partial charge in [-0.1, -0.05) is 32.1 Å². The van der Waals surface area contributed by atoms with E-state index < -0.39 is 10.0 Å². The van der Waals surface area contributed by atoms with E-state index in [1.165, 1.54) is 29.6 Å². The van der Waals surface area contributed by atoms with Crippen LogP contribution < -0.4 is 15.4 Å². The Hall–Kier alpha value is -2.13. The largest absolute Gasteiger partial charge is 0.482 e. The molecule has 0 unspecified atom stereocenters. The normalized spacial score (nSPS) is 23.3. The molecule has 9 heteroatoms. The molecule has 176 valence electrons. The highest BCUT2D eigenvalue weighted by Gasteiger charge is 2.35. The Morgan fingerprint density at radius 1 is 1.09 bits per heavy atom. The number of hydrogen-bond acceptors (Lipinski definition) is 5. The van der Waals surface area contributed by atoms with Gasteiger partial charge in [-0.2, -0.15) is 4.31 Å². The van der Waals surface area contributed by atoms with Crippen LogP contribution in [-0.4, -0.2) is 50.3 Å². The van der Waals surface area contributed by atoms with Crippen molar-refractivity contribution in [3.8, 4) is 5.75 Å². The molecule has 1 atom stereocenters. The van der Waals surface area contributed by atoms with E-state index in [9.17, 15) is 18.0 Å². The molecule has 0 radical (unpaired) electrons. The van der Waals surface area contributed by atoms with Gasteiger partial charge in [-0.05, 0) is 44.2 Å². The number of aryl methyl sites for hydroxylation is 1. The van der Waals surface area contributed by atoms with Crippen LogP contribution in [0.2, 0.25) is 0 Å². The third-order valence-corrected chi connectivity index (χ3v) is 8.74. The molecule has 0 aromatic heterocycles. The molecule has 0 bridgehead atoms. The predicted molar refractivity (Wildman–Crippen MR) is 121 cm³/mol. The number of hydrogen-bond donors (Lipinski definition) is 2. The SMILES string of the molecule is Cc1cc2c(cc1S(=O)(=O)N1CCC[C@H](C(=O)NC3CCCCCCC3)C1)OCC(=O)N2. The van der Waals surface area contributed by atoms with Crippen molar-refractivity contribution in [3.63, 3.8) is 0 Å². The van der Waals surface area contributed by atoms with Crippen molar-refractivity contribution in [2.45, 2.75) is 75.6 Å². The minimum absolute atomic E-state index is 0.0244. The summed E-state index contributed by atoms with van der Waals surface area (Å²) in [4.78, 5) is 24.7. The summed E-state index contributed by atoms with van der Waals surface area (Å²) < 4.78 is 33.7. The van der Waals surface area contributed by atoms with Crippen LogP contribution in [0.3, 0.4) is 0 Å². The van der Waals surface area contributed by atoms with Gasteiger partial charge in [-0.15, -0.1) is 0 Å². The van der Waals surface area contributed by atoms with Crippen LogP contribution >= 0.6 is 0 Å². The van der Waals surface area contributed by atoms with Crippen molar-refractivity contribution < 1.29 is 22.7 Å². The maximum Gasteiger partial charge on any atom is 0.262 e. The molecule has 2 heterocycles. The zero-order chi connectivity index (χ0) is 22.7. The van der Waals surface area contributed by atoms with Crippen LogP contribution in [0.1, 0.15) is 63.4 Å². The lowest BCUT2D eigenvalue weighted by Crippen LogP contribution is -2.47. The Labute approximate surface area is 190 Å². The average molecular weight is 464 g/mol. The van der Waals surface area contributed by atoms with Crippen LogP contribution in [0.4, 0.5) is 5.69 Å². The molecule has 1 aromatic carbocycles. The summed E-state index contributed by atoms with van der Waals surface area (Å²) in [5.41, 5.74) is 1.02. The molecular formula is C23H33N3O5S. The van der Waals surface area contributed by atoms with Crippen LogP contribution in [0.25, 0.3) is 0 Å². The molecule has 1 aliphatic carbocycles. The molecule has 4 rings (SSSR count). The lowest BCUT2D eigenvalue weighted by atomic mass is 9.94. The maximum absolute atomic E-state index is 13.5. The lowest BCUT2D eigenvalue weighted by Gasteiger charge is -2.33. The van der Waals surface area contributed by atoms with Gasteiger partial charge in [0.25, 0.3) is 5.91 Å². The van der Waals surface area contributed by atoms with E-state index >= 15 is 0 Å². The number of ether oxygens (including phenoxy) is 1. The number of sulfonamides is 1. The van der Waals surface area contributed by atoms with Crippen LogP contribution in [0, 0.1) is 12.8 Å². The molecule has 2 amide bonds.